The maximum Gasteiger partial charge on any atom is 0.0516 e. The monoisotopic (exact) mass is 160 g/mol. The van der Waals surface area contributed by atoms with Gasteiger partial charge in [-0.2, -0.15) is 0 Å². The second-order valence-corrected chi connectivity index (χ2v) is 6.51. The first kappa shape index (κ1) is 10.1. The van der Waals surface area contributed by atoms with Crippen molar-refractivity contribution >= 4 is 8.80 Å². The normalized spacial score (nSPS) is 17.4. The highest BCUT2D eigenvalue weighted by Crippen LogP contribution is 1.96. The van der Waals surface area contributed by atoms with E-state index in [0.29, 0.717) is 5.67 Å². The molecule has 3 N–H and O–H groups in total. The van der Waals surface area contributed by atoms with Gasteiger partial charge in [-0.3, -0.25) is 0 Å². The van der Waals surface area contributed by atoms with Gasteiger partial charge in [0.15, 0.2) is 0 Å². The van der Waals surface area contributed by atoms with Crippen LogP contribution in [0.1, 0.15) is 20.3 Å². The average molecular weight is 160 g/mol. The number of hydrogen-bond donors (Lipinski definition) is 2. The summed E-state index contributed by atoms with van der Waals surface area (Å²) in [6, 6.07) is 0. The van der Waals surface area contributed by atoms with Crippen LogP contribution in [0, 0.1) is 0 Å². The standard InChI is InChI=1S/C7H20N2Si/c1-5-7(10(3)4)9-6(2)8/h6-7,9-10H,5,8H2,1-4H3. The summed E-state index contributed by atoms with van der Waals surface area (Å²) < 4.78 is 0. The lowest BCUT2D eigenvalue weighted by Crippen LogP contribution is -2.47. The van der Waals surface area contributed by atoms with Gasteiger partial charge in [-0.15, -0.1) is 0 Å². The SMILES string of the molecule is CCC(NC(C)N)[SiH](C)C. The highest BCUT2D eigenvalue weighted by molar-refractivity contribution is 6.57. The molecular weight excluding hydrogens is 140 g/mol. The zero-order valence-electron chi connectivity index (χ0n) is 7.52. The molecule has 0 saturated heterocycles. The van der Waals surface area contributed by atoms with E-state index in [2.05, 4.69) is 25.3 Å². The van der Waals surface area contributed by atoms with Crippen molar-refractivity contribution in [3.05, 3.63) is 0 Å². The number of hydrogen-bond acceptors (Lipinski definition) is 2. The second-order valence-electron chi connectivity index (χ2n) is 3.21. The van der Waals surface area contributed by atoms with Crippen LogP contribution >= 0.6 is 0 Å². The molecule has 0 aliphatic rings. The lowest BCUT2D eigenvalue weighted by Gasteiger charge is -2.22. The van der Waals surface area contributed by atoms with Gasteiger partial charge in [0.25, 0.3) is 0 Å². The van der Waals surface area contributed by atoms with Crippen molar-refractivity contribution in [1.82, 2.24) is 5.32 Å². The molecule has 0 heterocycles. The van der Waals surface area contributed by atoms with Gasteiger partial charge in [-0.1, -0.05) is 20.0 Å². The Kier molecular flexibility index (Phi) is 4.94. The summed E-state index contributed by atoms with van der Waals surface area (Å²) >= 11 is 0. The van der Waals surface area contributed by atoms with Gasteiger partial charge in [0.1, 0.15) is 0 Å². The molecule has 0 rings (SSSR count). The third-order valence-corrected chi connectivity index (χ3v) is 3.99. The predicted molar refractivity (Wildman–Crippen MR) is 49.7 cm³/mol. The zero-order valence-corrected chi connectivity index (χ0v) is 8.67. The molecular formula is C7H20N2Si. The summed E-state index contributed by atoms with van der Waals surface area (Å²) in [5.74, 6) is 0. The van der Waals surface area contributed by atoms with Gasteiger partial charge in [-0.25, -0.2) is 0 Å². The Hall–Kier alpha value is 0.137. The smallest absolute Gasteiger partial charge is 0.0516 e. The lowest BCUT2D eigenvalue weighted by atomic mass is 10.4. The number of nitrogens with one attached hydrogen (secondary N) is 1. The molecule has 0 fully saturated rings. The molecule has 2 atom stereocenters. The maximum absolute atomic E-state index is 5.62. The van der Waals surface area contributed by atoms with E-state index >= 15 is 0 Å². The van der Waals surface area contributed by atoms with Crippen LogP contribution in [-0.4, -0.2) is 20.6 Å². The van der Waals surface area contributed by atoms with Crippen LogP contribution in [0.2, 0.25) is 13.1 Å². The molecule has 0 aromatic heterocycles. The van der Waals surface area contributed by atoms with E-state index < -0.39 is 8.80 Å². The average Bonchev–Trinajstić information content (AvgIpc) is 1.81. The van der Waals surface area contributed by atoms with Crippen LogP contribution in [0.25, 0.3) is 0 Å². The van der Waals surface area contributed by atoms with E-state index in [0.717, 1.165) is 0 Å². The predicted octanol–water partition coefficient (Wildman–Crippen LogP) is 0.685. The molecule has 3 heteroatoms. The molecule has 2 unspecified atom stereocenters. The third kappa shape index (κ3) is 4.03. The summed E-state index contributed by atoms with van der Waals surface area (Å²) in [6.07, 6.45) is 1.37. The summed E-state index contributed by atoms with van der Waals surface area (Å²) in [6.45, 7) is 8.92. The molecule has 0 saturated carbocycles. The Bertz CT molecular complexity index is 83.7. The minimum absolute atomic E-state index is 0.153. The Morgan fingerprint density at radius 2 is 2.00 bits per heavy atom. The Morgan fingerprint density at radius 3 is 2.10 bits per heavy atom. The topological polar surface area (TPSA) is 38.0 Å². The van der Waals surface area contributed by atoms with Crippen LogP contribution in [0.15, 0.2) is 0 Å². The van der Waals surface area contributed by atoms with Crippen molar-refractivity contribution in [3.8, 4) is 0 Å². The van der Waals surface area contributed by atoms with Gasteiger partial charge >= 0.3 is 0 Å². The summed E-state index contributed by atoms with van der Waals surface area (Å²) in [5.41, 5.74) is 6.33. The van der Waals surface area contributed by atoms with Crippen LogP contribution < -0.4 is 11.1 Å². The minimum atomic E-state index is -0.533. The molecule has 0 aromatic rings. The molecule has 62 valence electrons. The minimum Gasteiger partial charge on any atom is -0.316 e. The van der Waals surface area contributed by atoms with Crippen molar-refractivity contribution in [2.45, 2.75) is 45.2 Å². The van der Waals surface area contributed by atoms with E-state index in [1.165, 1.54) is 6.42 Å². The molecule has 0 spiro atoms. The first-order valence-electron chi connectivity index (χ1n) is 4.09. The Balaban J connectivity index is 3.60. The van der Waals surface area contributed by atoms with E-state index in [1.807, 2.05) is 6.92 Å². The van der Waals surface area contributed by atoms with Gasteiger partial charge in [0.2, 0.25) is 0 Å². The first-order chi connectivity index (χ1) is 4.57. The fourth-order valence-corrected chi connectivity index (χ4v) is 2.75. The molecule has 0 bridgehead atoms. The first-order valence-corrected chi connectivity index (χ1v) is 7.07. The maximum atomic E-state index is 5.62. The van der Waals surface area contributed by atoms with E-state index in [9.17, 15) is 0 Å². The van der Waals surface area contributed by atoms with E-state index in [-0.39, 0.29) is 6.17 Å². The third-order valence-electron chi connectivity index (χ3n) is 1.72. The van der Waals surface area contributed by atoms with Gasteiger partial charge in [0, 0.05) is 0 Å². The fraction of sp³-hybridized carbons (Fsp3) is 1.00. The summed E-state index contributed by atoms with van der Waals surface area (Å²) in [5, 5.41) is 3.37. The lowest BCUT2D eigenvalue weighted by molar-refractivity contribution is 0.522. The molecule has 10 heavy (non-hydrogen) atoms. The zero-order chi connectivity index (χ0) is 8.15. The van der Waals surface area contributed by atoms with Gasteiger partial charge in [0.05, 0.1) is 15.0 Å². The number of nitrogens with two attached hydrogens (primary N) is 1. The summed E-state index contributed by atoms with van der Waals surface area (Å²) in [7, 11) is -0.533. The van der Waals surface area contributed by atoms with Crippen LogP contribution in [0.5, 0.6) is 0 Å². The van der Waals surface area contributed by atoms with E-state index in [4.69, 9.17) is 5.73 Å². The highest BCUT2D eigenvalue weighted by Gasteiger charge is 2.11. The van der Waals surface area contributed by atoms with Crippen LogP contribution in [0.3, 0.4) is 0 Å². The number of rotatable bonds is 4. The van der Waals surface area contributed by atoms with Crippen molar-refractivity contribution in [2.75, 3.05) is 0 Å². The highest BCUT2D eigenvalue weighted by atomic mass is 28.3. The quantitative estimate of drug-likeness (QED) is 0.469. The van der Waals surface area contributed by atoms with Crippen molar-refractivity contribution < 1.29 is 0 Å². The van der Waals surface area contributed by atoms with Crippen LogP contribution in [0.4, 0.5) is 0 Å². The molecule has 0 aromatic carbocycles. The summed E-state index contributed by atoms with van der Waals surface area (Å²) in [4.78, 5) is 0. The largest absolute Gasteiger partial charge is 0.316 e. The van der Waals surface area contributed by atoms with Crippen molar-refractivity contribution in [2.24, 2.45) is 5.73 Å². The molecule has 0 amide bonds. The van der Waals surface area contributed by atoms with Gasteiger partial charge in [-0.05, 0) is 19.0 Å². The van der Waals surface area contributed by atoms with E-state index in [1.54, 1.807) is 0 Å². The molecule has 2 nitrogen and oxygen atoms in total. The van der Waals surface area contributed by atoms with Crippen LogP contribution in [-0.2, 0) is 0 Å². The Labute approximate surface area is 65.8 Å². The Morgan fingerprint density at radius 1 is 1.50 bits per heavy atom. The molecule has 0 aliphatic carbocycles. The van der Waals surface area contributed by atoms with Gasteiger partial charge < -0.3 is 11.1 Å². The van der Waals surface area contributed by atoms with Crippen molar-refractivity contribution in [1.29, 1.82) is 0 Å². The molecule has 0 radical (unpaired) electrons. The van der Waals surface area contributed by atoms with Crippen molar-refractivity contribution in [3.63, 3.8) is 0 Å². The second kappa shape index (κ2) is 4.88. The molecule has 0 aliphatic heterocycles. The fourth-order valence-electron chi connectivity index (χ4n) is 1.12.